The van der Waals surface area contributed by atoms with Crippen molar-refractivity contribution >= 4 is 21.7 Å². The van der Waals surface area contributed by atoms with Crippen LogP contribution in [0.3, 0.4) is 0 Å². The second-order valence-electron chi connectivity index (χ2n) is 8.48. The summed E-state index contributed by atoms with van der Waals surface area (Å²) in [6.07, 6.45) is 3.74. The van der Waals surface area contributed by atoms with Crippen LogP contribution in [-0.2, 0) is 10.0 Å². The smallest absolute Gasteiger partial charge is 0.265 e. The number of nitrogens with zero attached hydrogens (tertiary/aromatic N) is 3. The van der Waals surface area contributed by atoms with E-state index in [1.807, 2.05) is 32.0 Å². The molecule has 32 heavy (non-hydrogen) atoms. The normalized spacial score (nSPS) is 17.3. The van der Waals surface area contributed by atoms with Crippen LogP contribution in [0.5, 0.6) is 5.88 Å². The van der Waals surface area contributed by atoms with Crippen LogP contribution in [0, 0.1) is 19.8 Å². The van der Waals surface area contributed by atoms with E-state index >= 15 is 0 Å². The first-order valence-electron chi connectivity index (χ1n) is 10.5. The van der Waals surface area contributed by atoms with Crippen molar-refractivity contribution in [3.8, 4) is 17.1 Å². The molecule has 1 aliphatic heterocycles. The largest absolute Gasteiger partial charge is 0.475 e. The number of anilines is 2. The summed E-state index contributed by atoms with van der Waals surface area (Å²) in [7, 11) is -3.94. The zero-order valence-electron chi connectivity index (χ0n) is 18.6. The minimum Gasteiger partial charge on any atom is -0.475 e. The predicted molar refractivity (Wildman–Crippen MR) is 124 cm³/mol. The minimum atomic E-state index is -3.94. The van der Waals surface area contributed by atoms with E-state index < -0.39 is 10.0 Å². The lowest BCUT2D eigenvalue weighted by Crippen LogP contribution is -2.29. The topological polar surface area (TPSA) is 106 Å². The van der Waals surface area contributed by atoms with Gasteiger partial charge in [-0.1, -0.05) is 32.0 Å². The van der Waals surface area contributed by atoms with Gasteiger partial charge in [-0.15, -0.1) is 0 Å². The molecular formula is C23H27N5O3S. The van der Waals surface area contributed by atoms with Crippen molar-refractivity contribution in [3.63, 3.8) is 0 Å². The number of aryl methyl sites for hydroxylation is 2. The Balaban J connectivity index is 1.84. The third kappa shape index (κ3) is 4.83. The second kappa shape index (κ2) is 8.74. The fourth-order valence-electron chi connectivity index (χ4n) is 3.87. The van der Waals surface area contributed by atoms with Crippen molar-refractivity contribution in [1.29, 1.82) is 0 Å². The molecule has 0 unspecified atom stereocenters. The molecular weight excluding hydrogens is 426 g/mol. The highest BCUT2D eigenvalue weighted by Gasteiger charge is 2.22. The molecule has 0 fully saturated rings. The number of rotatable bonds is 3. The Labute approximate surface area is 188 Å². The van der Waals surface area contributed by atoms with E-state index in [0.29, 0.717) is 29.8 Å². The highest BCUT2D eigenvalue weighted by molar-refractivity contribution is 7.92. The lowest BCUT2D eigenvalue weighted by atomic mass is 10.00. The number of nitrogens with one attached hydrogen (secondary N) is 2. The fraction of sp³-hybridized carbons (Fsp3) is 0.348. The molecule has 0 aliphatic carbocycles. The Bertz CT molecular complexity index is 1220. The maximum atomic E-state index is 13.0. The van der Waals surface area contributed by atoms with Crippen LogP contribution >= 0.6 is 0 Å². The van der Waals surface area contributed by atoms with Crippen LogP contribution in [0.2, 0.25) is 0 Å². The Morgan fingerprint density at radius 1 is 1.12 bits per heavy atom. The van der Waals surface area contributed by atoms with Gasteiger partial charge in [-0.05, 0) is 43.4 Å². The summed E-state index contributed by atoms with van der Waals surface area (Å²) in [5.41, 5.74) is 4.19. The molecule has 3 heterocycles. The van der Waals surface area contributed by atoms with Crippen LogP contribution in [0.1, 0.15) is 31.4 Å². The molecule has 4 bridgehead atoms. The van der Waals surface area contributed by atoms with Gasteiger partial charge in [0.05, 0.1) is 23.6 Å². The van der Waals surface area contributed by atoms with Crippen molar-refractivity contribution in [2.45, 2.75) is 45.1 Å². The molecule has 168 valence electrons. The summed E-state index contributed by atoms with van der Waals surface area (Å²) >= 11 is 0. The average Bonchev–Trinajstić information content (AvgIpc) is 2.71. The van der Waals surface area contributed by atoms with Gasteiger partial charge in [0.15, 0.2) is 0 Å². The van der Waals surface area contributed by atoms with E-state index in [4.69, 9.17) is 4.74 Å². The third-order valence-corrected chi connectivity index (χ3v) is 6.54. The van der Waals surface area contributed by atoms with Gasteiger partial charge in [-0.3, -0.25) is 4.98 Å². The molecule has 2 N–H and O–H groups in total. The number of sulfonamides is 1. The molecule has 1 atom stereocenters. The zero-order chi connectivity index (χ0) is 22.9. The first-order chi connectivity index (χ1) is 15.2. The molecule has 0 saturated carbocycles. The zero-order valence-corrected chi connectivity index (χ0v) is 19.4. The van der Waals surface area contributed by atoms with Gasteiger partial charge in [0.2, 0.25) is 11.8 Å². The molecule has 2 aromatic heterocycles. The van der Waals surface area contributed by atoms with Gasteiger partial charge in [-0.25, -0.2) is 18.1 Å². The number of aromatic nitrogens is 3. The fourth-order valence-corrected chi connectivity index (χ4v) is 4.81. The Kier molecular flexibility index (Phi) is 6.01. The lowest BCUT2D eigenvalue weighted by Gasteiger charge is -2.23. The summed E-state index contributed by atoms with van der Waals surface area (Å²) in [5.74, 6) is 0.685. The van der Waals surface area contributed by atoms with Gasteiger partial charge < -0.3 is 10.1 Å². The van der Waals surface area contributed by atoms with Crippen LogP contribution in [0.4, 0.5) is 11.6 Å². The van der Waals surface area contributed by atoms with Crippen LogP contribution in [-0.4, -0.2) is 36.0 Å². The van der Waals surface area contributed by atoms with Crippen molar-refractivity contribution in [3.05, 3.63) is 53.9 Å². The molecule has 0 spiro atoms. The van der Waals surface area contributed by atoms with Crippen molar-refractivity contribution in [1.82, 2.24) is 15.0 Å². The highest BCUT2D eigenvalue weighted by atomic mass is 32.2. The number of pyridine rings is 1. The van der Waals surface area contributed by atoms with Crippen molar-refractivity contribution < 1.29 is 13.2 Å². The third-order valence-electron chi connectivity index (χ3n) is 5.25. The quantitative estimate of drug-likeness (QED) is 0.613. The van der Waals surface area contributed by atoms with E-state index in [9.17, 15) is 8.42 Å². The Morgan fingerprint density at radius 3 is 2.59 bits per heavy atom. The number of ether oxygens (including phenoxy) is 1. The van der Waals surface area contributed by atoms with Gasteiger partial charge in [0.25, 0.3) is 10.0 Å². The average molecular weight is 454 g/mol. The molecule has 1 aliphatic rings. The first-order valence-corrected chi connectivity index (χ1v) is 12.0. The number of hydrogen-bond donors (Lipinski definition) is 2. The number of benzene rings is 1. The molecule has 3 aromatic rings. The Morgan fingerprint density at radius 2 is 1.88 bits per heavy atom. The molecule has 1 aromatic carbocycles. The number of fused-ring (bicyclic) bond motifs is 4. The standard InChI is InChI=1S/C23H27N5O3S/c1-14(2)8-18-13-31-21-10-20(22-15(3)6-5-7-16(22)4)26-23(27-21)28-32(29,30)19-9-17(25-18)11-24-12-19/h5-7,9-12,14,18,25H,8,13H2,1-4H3,(H,26,27,28)/t18-/m1/s1. The van der Waals surface area contributed by atoms with Gasteiger partial charge in [0, 0.05) is 17.8 Å². The predicted octanol–water partition coefficient (Wildman–Crippen LogP) is 4.18. The lowest BCUT2D eigenvalue weighted by molar-refractivity contribution is 0.271. The second-order valence-corrected chi connectivity index (χ2v) is 10.2. The molecule has 0 amide bonds. The SMILES string of the molecule is Cc1cccc(C)c1-c1cc2nc(n1)NS(=O)(=O)c1cncc(c1)N[C@H](CC(C)C)CO2. The van der Waals surface area contributed by atoms with Gasteiger partial charge in [-0.2, -0.15) is 4.98 Å². The van der Waals surface area contributed by atoms with Crippen molar-refractivity contribution in [2.75, 3.05) is 16.6 Å². The van der Waals surface area contributed by atoms with E-state index in [2.05, 4.69) is 38.8 Å². The van der Waals surface area contributed by atoms with Crippen LogP contribution in [0.15, 0.2) is 47.6 Å². The number of hydrogen-bond acceptors (Lipinski definition) is 7. The van der Waals surface area contributed by atoms with Gasteiger partial charge >= 0.3 is 0 Å². The summed E-state index contributed by atoms with van der Waals surface area (Å²) in [5, 5.41) is 3.36. The molecule has 9 heteroatoms. The van der Waals surface area contributed by atoms with Gasteiger partial charge in [0.1, 0.15) is 11.5 Å². The van der Waals surface area contributed by atoms with Crippen LogP contribution < -0.4 is 14.8 Å². The summed E-state index contributed by atoms with van der Waals surface area (Å²) in [6.45, 7) is 8.60. The summed E-state index contributed by atoms with van der Waals surface area (Å²) in [4.78, 5) is 13.0. The molecule has 8 nitrogen and oxygen atoms in total. The van der Waals surface area contributed by atoms with E-state index in [0.717, 1.165) is 23.1 Å². The van der Waals surface area contributed by atoms with Crippen molar-refractivity contribution in [2.24, 2.45) is 5.92 Å². The maximum Gasteiger partial charge on any atom is 0.265 e. The molecule has 0 saturated heterocycles. The Hall–Kier alpha value is -3.20. The monoisotopic (exact) mass is 453 g/mol. The molecule has 4 rings (SSSR count). The maximum absolute atomic E-state index is 13.0. The van der Waals surface area contributed by atoms with E-state index in [1.165, 1.54) is 6.20 Å². The first kappa shape index (κ1) is 22.0. The summed E-state index contributed by atoms with van der Waals surface area (Å²) < 4.78 is 34.6. The highest BCUT2D eigenvalue weighted by Crippen LogP contribution is 2.30. The minimum absolute atomic E-state index is 0.0370. The van der Waals surface area contributed by atoms with E-state index in [1.54, 1.807) is 18.3 Å². The molecule has 0 radical (unpaired) electrons. The van der Waals surface area contributed by atoms with E-state index in [-0.39, 0.29) is 16.9 Å². The summed E-state index contributed by atoms with van der Waals surface area (Å²) in [6, 6.07) is 9.22. The van der Waals surface area contributed by atoms with Crippen LogP contribution in [0.25, 0.3) is 11.3 Å².